The van der Waals surface area contributed by atoms with Gasteiger partial charge in [-0.2, -0.15) is 9.41 Å². The predicted molar refractivity (Wildman–Crippen MR) is 129 cm³/mol. The topological polar surface area (TPSA) is 74.7 Å². The van der Waals surface area contributed by atoms with Crippen LogP contribution in [0, 0.1) is 0 Å². The van der Waals surface area contributed by atoms with Gasteiger partial charge in [0.05, 0.1) is 16.8 Å². The van der Waals surface area contributed by atoms with Crippen LogP contribution in [0.4, 0.5) is 5.13 Å². The normalized spacial score (nSPS) is 12.2. The number of aromatic nitrogens is 1. The number of hydrogen-bond acceptors (Lipinski definition) is 6. The molecule has 0 aliphatic carbocycles. The number of rotatable bonds is 9. The SMILES string of the molecule is CCN(CC)S(=O)(=O)c1ccc(-c2csc(NN=Cc3ccc(C(C)C)cc3)n2)cc1. The zero-order chi connectivity index (χ0) is 22.4. The Morgan fingerprint density at radius 3 is 2.29 bits per heavy atom. The average molecular weight is 457 g/mol. The van der Waals surface area contributed by atoms with Crippen LogP contribution < -0.4 is 5.43 Å². The summed E-state index contributed by atoms with van der Waals surface area (Å²) in [6, 6.07) is 15.1. The standard InChI is InChI=1S/C23H28N4O2S2/c1-5-27(6-2)31(28,29)21-13-11-20(12-14-21)22-16-30-23(25-22)26-24-15-18-7-9-19(10-8-18)17(3)4/h7-17H,5-6H2,1-4H3,(H,25,26). The third-order valence-corrected chi connectivity index (χ3v) is 7.79. The van der Waals surface area contributed by atoms with E-state index in [2.05, 4.69) is 41.5 Å². The van der Waals surface area contributed by atoms with Crippen LogP contribution >= 0.6 is 11.3 Å². The average Bonchev–Trinajstić information content (AvgIpc) is 3.24. The van der Waals surface area contributed by atoms with E-state index in [-0.39, 0.29) is 0 Å². The summed E-state index contributed by atoms with van der Waals surface area (Å²) in [6.07, 6.45) is 1.76. The summed E-state index contributed by atoms with van der Waals surface area (Å²) in [4.78, 5) is 4.84. The molecule has 0 aliphatic rings. The van der Waals surface area contributed by atoms with Crippen LogP contribution in [-0.4, -0.2) is 37.0 Å². The van der Waals surface area contributed by atoms with E-state index in [0.717, 1.165) is 16.8 Å². The van der Waals surface area contributed by atoms with Gasteiger partial charge in [-0.1, -0.05) is 64.1 Å². The molecule has 0 fully saturated rings. The maximum absolute atomic E-state index is 12.6. The summed E-state index contributed by atoms with van der Waals surface area (Å²) < 4.78 is 26.7. The lowest BCUT2D eigenvalue weighted by molar-refractivity contribution is 0.445. The molecule has 6 nitrogen and oxygen atoms in total. The lowest BCUT2D eigenvalue weighted by atomic mass is 10.0. The second-order valence-corrected chi connectivity index (χ2v) is 10.1. The van der Waals surface area contributed by atoms with E-state index in [1.54, 1.807) is 30.5 Å². The number of benzene rings is 2. The smallest absolute Gasteiger partial charge is 0.243 e. The number of nitrogens with zero attached hydrogens (tertiary/aromatic N) is 3. The molecule has 3 rings (SSSR count). The van der Waals surface area contributed by atoms with Crippen molar-refractivity contribution in [2.75, 3.05) is 18.5 Å². The van der Waals surface area contributed by atoms with Crippen LogP contribution in [0.25, 0.3) is 11.3 Å². The lowest BCUT2D eigenvalue weighted by Gasteiger charge is -2.18. The molecule has 0 spiro atoms. The second-order valence-electron chi connectivity index (χ2n) is 7.34. The lowest BCUT2D eigenvalue weighted by Crippen LogP contribution is -2.30. The highest BCUT2D eigenvalue weighted by Crippen LogP contribution is 2.26. The van der Waals surface area contributed by atoms with E-state index < -0.39 is 10.0 Å². The Morgan fingerprint density at radius 1 is 1.06 bits per heavy atom. The minimum atomic E-state index is -3.46. The van der Waals surface area contributed by atoms with Crippen LogP contribution in [0.2, 0.25) is 0 Å². The van der Waals surface area contributed by atoms with E-state index >= 15 is 0 Å². The number of sulfonamides is 1. The molecule has 0 bridgehead atoms. The molecule has 0 radical (unpaired) electrons. The van der Waals surface area contributed by atoms with E-state index in [1.165, 1.54) is 21.2 Å². The van der Waals surface area contributed by atoms with Crippen LogP contribution in [0.15, 0.2) is 63.9 Å². The fourth-order valence-corrected chi connectivity index (χ4v) is 5.22. The van der Waals surface area contributed by atoms with Crippen molar-refractivity contribution in [3.8, 4) is 11.3 Å². The van der Waals surface area contributed by atoms with Gasteiger partial charge in [0, 0.05) is 24.0 Å². The van der Waals surface area contributed by atoms with Gasteiger partial charge in [-0.05, 0) is 29.2 Å². The molecule has 0 saturated carbocycles. The van der Waals surface area contributed by atoms with Crippen molar-refractivity contribution in [3.63, 3.8) is 0 Å². The van der Waals surface area contributed by atoms with Crippen molar-refractivity contribution >= 4 is 32.7 Å². The van der Waals surface area contributed by atoms with Crippen LogP contribution in [0.1, 0.15) is 44.7 Å². The predicted octanol–water partition coefficient (Wildman–Crippen LogP) is 5.41. The molecule has 0 unspecified atom stereocenters. The van der Waals surface area contributed by atoms with Crippen molar-refractivity contribution in [2.24, 2.45) is 5.10 Å². The summed E-state index contributed by atoms with van der Waals surface area (Å²) in [5.41, 5.74) is 6.90. The molecule has 2 aromatic carbocycles. The van der Waals surface area contributed by atoms with E-state index in [0.29, 0.717) is 29.0 Å². The van der Waals surface area contributed by atoms with Crippen molar-refractivity contribution in [3.05, 3.63) is 65.0 Å². The molecule has 1 N–H and O–H groups in total. The third-order valence-electron chi connectivity index (χ3n) is 4.97. The van der Waals surface area contributed by atoms with Crippen LogP contribution in [0.5, 0.6) is 0 Å². The van der Waals surface area contributed by atoms with Crippen LogP contribution in [0.3, 0.4) is 0 Å². The number of hydrogen-bond donors (Lipinski definition) is 1. The monoisotopic (exact) mass is 456 g/mol. The van der Waals surface area contributed by atoms with Gasteiger partial charge < -0.3 is 0 Å². The molecule has 0 aliphatic heterocycles. The second kappa shape index (κ2) is 10.2. The highest BCUT2D eigenvalue weighted by atomic mass is 32.2. The van der Waals surface area contributed by atoms with Gasteiger partial charge in [-0.3, -0.25) is 5.43 Å². The maximum atomic E-state index is 12.6. The first-order valence-electron chi connectivity index (χ1n) is 10.3. The molecule has 1 aromatic heterocycles. The zero-order valence-electron chi connectivity index (χ0n) is 18.2. The van der Waals surface area contributed by atoms with Gasteiger partial charge in [0.25, 0.3) is 0 Å². The Bertz CT molecular complexity index is 1120. The summed E-state index contributed by atoms with van der Waals surface area (Å²) >= 11 is 1.45. The Balaban J connectivity index is 1.66. The fraction of sp³-hybridized carbons (Fsp3) is 0.304. The highest BCUT2D eigenvalue weighted by Gasteiger charge is 2.21. The van der Waals surface area contributed by atoms with E-state index in [1.807, 2.05) is 31.4 Å². The molecule has 0 atom stereocenters. The van der Waals surface area contributed by atoms with Crippen molar-refractivity contribution in [1.82, 2.24) is 9.29 Å². The van der Waals surface area contributed by atoms with Crippen molar-refractivity contribution in [2.45, 2.75) is 38.5 Å². The summed E-state index contributed by atoms with van der Waals surface area (Å²) in [5.74, 6) is 0.504. The molecule has 31 heavy (non-hydrogen) atoms. The maximum Gasteiger partial charge on any atom is 0.243 e. The Morgan fingerprint density at radius 2 is 1.71 bits per heavy atom. The van der Waals surface area contributed by atoms with E-state index in [4.69, 9.17) is 0 Å². The Labute approximate surface area is 188 Å². The largest absolute Gasteiger partial charge is 0.253 e. The molecule has 0 amide bonds. The first-order chi connectivity index (χ1) is 14.8. The Kier molecular flexibility index (Phi) is 7.59. The van der Waals surface area contributed by atoms with Gasteiger partial charge in [-0.15, -0.1) is 11.3 Å². The molecule has 1 heterocycles. The minimum Gasteiger partial charge on any atom is -0.253 e. The van der Waals surface area contributed by atoms with Crippen molar-refractivity contribution < 1.29 is 8.42 Å². The number of hydrazone groups is 1. The Hall–Kier alpha value is -2.55. The fourth-order valence-electron chi connectivity index (χ4n) is 3.10. The van der Waals surface area contributed by atoms with Crippen LogP contribution in [-0.2, 0) is 10.0 Å². The molecule has 164 valence electrons. The van der Waals surface area contributed by atoms with E-state index in [9.17, 15) is 8.42 Å². The molecule has 8 heteroatoms. The number of thiazole rings is 1. The minimum absolute atomic E-state index is 0.293. The van der Waals surface area contributed by atoms with Gasteiger partial charge >= 0.3 is 0 Å². The highest BCUT2D eigenvalue weighted by molar-refractivity contribution is 7.89. The van der Waals surface area contributed by atoms with Crippen molar-refractivity contribution in [1.29, 1.82) is 0 Å². The van der Waals surface area contributed by atoms with Gasteiger partial charge in [0.15, 0.2) is 0 Å². The number of nitrogens with one attached hydrogen (secondary N) is 1. The van der Waals surface area contributed by atoms with Gasteiger partial charge in [-0.25, -0.2) is 13.4 Å². The molecule has 3 aromatic rings. The molecular formula is C23H28N4O2S2. The molecule has 0 saturated heterocycles. The zero-order valence-corrected chi connectivity index (χ0v) is 19.9. The van der Waals surface area contributed by atoms with Gasteiger partial charge in [0.1, 0.15) is 0 Å². The number of anilines is 1. The molecular weight excluding hydrogens is 428 g/mol. The first-order valence-corrected chi connectivity index (χ1v) is 12.6. The van der Waals surface area contributed by atoms with Gasteiger partial charge in [0.2, 0.25) is 15.2 Å². The summed E-state index contributed by atoms with van der Waals surface area (Å²) in [6.45, 7) is 8.91. The third kappa shape index (κ3) is 5.58. The summed E-state index contributed by atoms with van der Waals surface area (Å²) in [5, 5.41) is 6.86. The first kappa shape index (κ1) is 23.1. The quantitative estimate of drug-likeness (QED) is 0.345. The summed E-state index contributed by atoms with van der Waals surface area (Å²) in [7, 11) is -3.46.